The molecule has 1 aromatic heterocycles. The van der Waals surface area contributed by atoms with Crippen molar-refractivity contribution in [3.8, 4) is 16.9 Å². The molecule has 0 aliphatic heterocycles. The normalized spacial score (nSPS) is 10.8. The summed E-state index contributed by atoms with van der Waals surface area (Å²) in [5.74, 6) is 0.429. The zero-order valence-corrected chi connectivity index (χ0v) is 18.2. The molecule has 0 atom stereocenters. The third-order valence-electron chi connectivity index (χ3n) is 5.73. The molecule has 4 rings (SSSR count). The minimum absolute atomic E-state index is 0.350. The average molecular weight is 412 g/mol. The number of carbonyl (C=O) groups is 1. The monoisotopic (exact) mass is 411 g/mol. The van der Waals surface area contributed by atoms with E-state index >= 15 is 0 Å². The number of hydrogen-bond acceptors (Lipinski definition) is 4. The van der Waals surface area contributed by atoms with Gasteiger partial charge in [-0.25, -0.2) is 4.79 Å². The van der Waals surface area contributed by atoms with Gasteiger partial charge < -0.3 is 9.47 Å². The molecule has 0 unspecified atom stereocenters. The number of aromatic nitrogens is 1. The smallest absolute Gasteiger partial charge is 0.337 e. The number of fused-ring (bicyclic) bond motifs is 1. The van der Waals surface area contributed by atoms with Crippen molar-refractivity contribution in [3.05, 3.63) is 94.8 Å². The quantitative estimate of drug-likeness (QED) is 0.383. The Labute approximate surface area is 182 Å². The SMILES string of the molecule is COC(=O)c1ccc(-c2cc3c(Cc4ccc(C)c(C)c4)nccc3cc2OC)cc1. The van der Waals surface area contributed by atoms with Crippen LogP contribution in [0.5, 0.6) is 5.75 Å². The third kappa shape index (κ3) is 4.15. The van der Waals surface area contributed by atoms with Crippen LogP contribution in [-0.2, 0) is 11.2 Å². The minimum Gasteiger partial charge on any atom is -0.496 e. The van der Waals surface area contributed by atoms with Gasteiger partial charge in [0.1, 0.15) is 5.75 Å². The van der Waals surface area contributed by atoms with Crippen molar-refractivity contribution in [3.63, 3.8) is 0 Å². The van der Waals surface area contributed by atoms with Crippen molar-refractivity contribution in [1.29, 1.82) is 0 Å². The Morgan fingerprint density at radius 3 is 2.35 bits per heavy atom. The van der Waals surface area contributed by atoms with Crippen LogP contribution >= 0.6 is 0 Å². The van der Waals surface area contributed by atoms with Gasteiger partial charge in [0.25, 0.3) is 0 Å². The van der Waals surface area contributed by atoms with Crippen molar-refractivity contribution in [2.45, 2.75) is 20.3 Å². The van der Waals surface area contributed by atoms with Gasteiger partial charge in [0.05, 0.1) is 25.5 Å². The summed E-state index contributed by atoms with van der Waals surface area (Å²) in [6.45, 7) is 4.26. The number of esters is 1. The fourth-order valence-electron chi connectivity index (χ4n) is 3.81. The number of aryl methyl sites for hydroxylation is 2. The Morgan fingerprint density at radius 1 is 0.903 bits per heavy atom. The van der Waals surface area contributed by atoms with Gasteiger partial charge in [-0.3, -0.25) is 4.98 Å². The van der Waals surface area contributed by atoms with E-state index in [1.807, 2.05) is 30.5 Å². The van der Waals surface area contributed by atoms with E-state index in [9.17, 15) is 4.79 Å². The summed E-state index contributed by atoms with van der Waals surface area (Å²) in [4.78, 5) is 16.5. The van der Waals surface area contributed by atoms with Crippen molar-refractivity contribution >= 4 is 16.7 Å². The molecule has 0 aliphatic rings. The molecule has 4 aromatic rings. The van der Waals surface area contributed by atoms with Gasteiger partial charge in [-0.15, -0.1) is 0 Å². The highest BCUT2D eigenvalue weighted by Gasteiger charge is 2.13. The largest absolute Gasteiger partial charge is 0.496 e. The molecule has 31 heavy (non-hydrogen) atoms. The first-order valence-corrected chi connectivity index (χ1v) is 10.2. The van der Waals surface area contributed by atoms with Crippen molar-refractivity contribution in [2.24, 2.45) is 0 Å². The highest BCUT2D eigenvalue weighted by molar-refractivity contribution is 5.93. The zero-order valence-electron chi connectivity index (χ0n) is 18.2. The van der Waals surface area contributed by atoms with Gasteiger partial charge >= 0.3 is 5.97 Å². The topological polar surface area (TPSA) is 48.4 Å². The third-order valence-corrected chi connectivity index (χ3v) is 5.73. The fourth-order valence-corrected chi connectivity index (χ4v) is 3.81. The lowest BCUT2D eigenvalue weighted by atomic mass is 9.96. The Kier molecular flexibility index (Phi) is 5.72. The number of rotatable bonds is 5. The van der Waals surface area contributed by atoms with Gasteiger partial charge in [-0.1, -0.05) is 30.3 Å². The molecule has 0 spiro atoms. The minimum atomic E-state index is -0.350. The second-order valence-corrected chi connectivity index (χ2v) is 7.70. The molecular formula is C27H25NO3. The summed E-state index contributed by atoms with van der Waals surface area (Å²) < 4.78 is 10.5. The maximum absolute atomic E-state index is 11.8. The van der Waals surface area contributed by atoms with E-state index in [2.05, 4.69) is 38.1 Å². The van der Waals surface area contributed by atoms with E-state index in [1.54, 1.807) is 19.2 Å². The van der Waals surface area contributed by atoms with E-state index in [0.717, 1.165) is 39.8 Å². The van der Waals surface area contributed by atoms with E-state index in [4.69, 9.17) is 14.5 Å². The molecule has 0 aliphatic carbocycles. The molecule has 0 bridgehead atoms. The molecular weight excluding hydrogens is 386 g/mol. The van der Waals surface area contributed by atoms with Gasteiger partial charge in [-0.05, 0) is 71.8 Å². The van der Waals surface area contributed by atoms with Gasteiger partial charge in [0.15, 0.2) is 0 Å². The van der Waals surface area contributed by atoms with Gasteiger partial charge in [0.2, 0.25) is 0 Å². The van der Waals surface area contributed by atoms with Crippen LogP contribution in [0, 0.1) is 13.8 Å². The fraction of sp³-hybridized carbons (Fsp3) is 0.185. The molecule has 0 saturated carbocycles. The average Bonchev–Trinajstić information content (AvgIpc) is 2.80. The van der Waals surface area contributed by atoms with Crippen LogP contribution in [0.1, 0.15) is 32.7 Å². The highest BCUT2D eigenvalue weighted by Crippen LogP contribution is 2.35. The summed E-state index contributed by atoms with van der Waals surface area (Å²) in [5.41, 5.74) is 7.28. The Bertz CT molecular complexity index is 1260. The van der Waals surface area contributed by atoms with Crippen LogP contribution in [0.15, 0.2) is 66.9 Å². The first-order valence-electron chi connectivity index (χ1n) is 10.2. The van der Waals surface area contributed by atoms with E-state index < -0.39 is 0 Å². The van der Waals surface area contributed by atoms with E-state index in [-0.39, 0.29) is 5.97 Å². The summed E-state index contributed by atoms with van der Waals surface area (Å²) in [6.07, 6.45) is 2.61. The maximum atomic E-state index is 11.8. The number of methoxy groups -OCH3 is 2. The second-order valence-electron chi connectivity index (χ2n) is 7.70. The number of benzene rings is 3. The van der Waals surface area contributed by atoms with Crippen LogP contribution in [0.3, 0.4) is 0 Å². The standard InChI is InChI=1S/C27H25NO3/c1-17-5-6-19(13-18(17)2)14-25-23-16-24(26(30-3)15-22(23)11-12-28-25)20-7-9-21(10-8-20)27(29)31-4/h5-13,15-16H,14H2,1-4H3. The Morgan fingerprint density at radius 2 is 1.68 bits per heavy atom. The number of carbonyl (C=O) groups excluding carboxylic acids is 1. The Hall–Kier alpha value is -3.66. The number of pyridine rings is 1. The van der Waals surface area contributed by atoms with Crippen molar-refractivity contribution < 1.29 is 14.3 Å². The lowest BCUT2D eigenvalue weighted by molar-refractivity contribution is 0.0601. The molecule has 0 amide bonds. The lowest BCUT2D eigenvalue weighted by Crippen LogP contribution is -2.00. The summed E-state index contributed by atoms with van der Waals surface area (Å²) in [6, 6.07) is 20.1. The van der Waals surface area contributed by atoms with Crippen LogP contribution < -0.4 is 4.74 Å². The number of hydrogen-bond donors (Lipinski definition) is 0. The van der Waals surface area contributed by atoms with E-state index in [1.165, 1.54) is 23.8 Å². The summed E-state index contributed by atoms with van der Waals surface area (Å²) in [5, 5.41) is 2.18. The van der Waals surface area contributed by atoms with Crippen molar-refractivity contribution in [1.82, 2.24) is 4.98 Å². The Balaban J connectivity index is 1.80. The van der Waals surface area contributed by atoms with Crippen LogP contribution in [-0.4, -0.2) is 25.2 Å². The van der Waals surface area contributed by atoms with Crippen molar-refractivity contribution in [2.75, 3.05) is 14.2 Å². The summed E-state index contributed by atoms with van der Waals surface area (Å²) >= 11 is 0. The number of ether oxygens (including phenoxy) is 2. The first kappa shape index (κ1) is 20.6. The molecule has 0 fully saturated rings. The number of nitrogens with zero attached hydrogens (tertiary/aromatic N) is 1. The molecule has 1 heterocycles. The molecule has 0 N–H and O–H groups in total. The molecule has 4 nitrogen and oxygen atoms in total. The lowest BCUT2D eigenvalue weighted by Gasteiger charge is -2.14. The molecule has 156 valence electrons. The van der Waals surface area contributed by atoms with Gasteiger partial charge in [0, 0.05) is 23.6 Å². The predicted octanol–water partition coefficient (Wildman–Crippen LogP) is 5.90. The second kappa shape index (κ2) is 8.60. The van der Waals surface area contributed by atoms with Crippen LogP contribution in [0.2, 0.25) is 0 Å². The predicted molar refractivity (Wildman–Crippen MR) is 124 cm³/mol. The molecule has 0 radical (unpaired) electrons. The molecule has 4 heteroatoms. The van der Waals surface area contributed by atoms with Crippen LogP contribution in [0.4, 0.5) is 0 Å². The highest BCUT2D eigenvalue weighted by atomic mass is 16.5. The first-order chi connectivity index (χ1) is 15.0. The van der Waals surface area contributed by atoms with Crippen LogP contribution in [0.25, 0.3) is 21.9 Å². The molecule has 0 saturated heterocycles. The zero-order chi connectivity index (χ0) is 22.0. The maximum Gasteiger partial charge on any atom is 0.337 e. The van der Waals surface area contributed by atoms with E-state index in [0.29, 0.717) is 5.56 Å². The summed E-state index contributed by atoms with van der Waals surface area (Å²) in [7, 11) is 3.05. The molecule has 3 aromatic carbocycles. The van der Waals surface area contributed by atoms with Gasteiger partial charge in [-0.2, -0.15) is 0 Å².